The van der Waals surface area contributed by atoms with E-state index in [0.29, 0.717) is 12.5 Å². The Morgan fingerprint density at radius 2 is 2.03 bits per heavy atom. The van der Waals surface area contributed by atoms with Crippen LogP contribution < -0.4 is 9.64 Å². The lowest BCUT2D eigenvalue weighted by atomic mass is 10.00. The zero-order chi connectivity index (χ0) is 20.5. The minimum absolute atomic E-state index is 0.139. The van der Waals surface area contributed by atoms with E-state index < -0.39 is 0 Å². The fourth-order valence-corrected chi connectivity index (χ4v) is 4.85. The van der Waals surface area contributed by atoms with E-state index in [1.54, 1.807) is 0 Å². The van der Waals surface area contributed by atoms with Gasteiger partial charge in [-0.1, -0.05) is 18.2 Å². The Hall–Kier alpha value is -2.79. The van der Waals surface area contributed by atoms with Crippen LogP contribution in [-0.2, 0) is 11.2 Å². The maximum absolute atomic E-state index is 12.8. The van der Waals surface area contributed by atoms with E-state index in [2.05, 4.69) is 28.9 Å². The van der Waals surface area contributed by atoms with Crippen LogP contribution in [0.2, 0.25) is 0 Å². The molecule has 5 heteroatoms. The van der Waals surface area contributed by atoms with Gasteiger partial charge in [0.25, 0.3) is 0 Å². The zero-order valence-electron chi connectivity index (χ0n) is 17.6. The number of H-pyrrole nitrogens is 1. The molecule has 3 heterocycles. The van der Waals surface area contributed by atoms with Crippen LogP contribution in [0.1, 0.15) is 38.2 Å². The number of aromatic amines is 1. The van der Waals surface area contributed by atoms with Crippen LogP contribution in [0.5, 0.6) is 5.75 Å². The minimum Gasteiger partial charge on any atom is -0.494 e. The summed E-state index contributed by atoms with van der Waals surface area (Å²) in [4.78, 5) is 20.5. The van der Waals surface area contributed by atoms with E-state index in [4.69, 9.17) is 4.74 Å². The lowest BCUT2D eigenvalue weighted by molar-refractivity contribution is -0.118. The molecule has 2 aliphatic heterocycles. The predicted molar refractivity (Wildman–Crippen MR) is 121 cm³/mol. The number of fused-ring (bicyclic) bond motifs is 2. The molecule has 1 fully saturated rings. The molecule has 1 atom stereocenters. The number of ether oxygens (including phenoxy) is 1. The number of rotatable bonds is 6. The Balaban J connectivity index is 1.31. The van der Waals surface area contributed by atoms with Crippen LogP contribution in [0, 0.1) is 0 Å². The molecule has 2 aliphatic rings. The van der Waals surface area contributed by atoms with Gasteiger partial charge in [-0.15, -0.1) is 0 Å². The average Bonchev–Trinajstić information content (AvgIpc) is 3.37. The van der Waals surface area contributed by atoms with E-state index in [9.17, 15) is 4.79 Å². The Kier molecular flexibility index (Phi) is 5.21. The first-order valence-electron chi connectivity index (χ1n) is 11.1. The quantitative estimate of drug-likeness (QED) is 0.587. The summed E-state index contributed by atoms with van der Waals surface area (Å²) in [6.07, 6.45) is 6.89. The molecule has 1 amide bonds. The number of likely N-dealkylation sites (tertiary alicyclic amines) is 1. The topological polar surface area (TPSA) is 48.6 Å². The highest BCUT2D eigenvalue weighted by Crippen LogP contribution is 2.39. The molecular weight excluding hydrogens is 374 g/mol. The zero-order valence-corrected chi connectivity index (χ0v) is 17.6. The van der Waals surface area contributed by atoms with Crippen LogP contribution in [-0.4, -0.2) is 41.5 Å². The summed E-state index contributed by atoms with van der Waals surface area (Å²) in [6.45, 7) is 5.37. The van der Waals surface area contributed by atoms with Gasteiger partial charge in [-0.2, -0.15) is 0 Å². The maximum Gasteiger partial charge on any atom is 0.231 e. The number of anilines is 2. The van der Waals surface area contributed by atoms with Crippen molar-refractivity contribution in [3.63, 3.8) is 0 Å². The lowest BCUT2D eigenvalue weighted by Crippen LogP contribution is -2.30. The van der Waals surface area contributed by atoms with E-state index in [0.717, 1.165) is 54.0 Å². The normalized spacial score (nSPS) is 19.4. The summed E-state index contributed by atoms with van der Waals surface area (Å²) >= 11 is 0. The van der Waals surface area contributed by atoms with Gasteiger partial charge < -0.3 is 14.6 Å². The number of hydrogen-bond donors (Lipinski definition) is 1. The van der Waals surface area contributed by atoms with Gasteiger partial charge in [0.2, 0.25) is 5.91 Å². The predicted octanol–water partition coefficient (Wildman–Crippen LogP) is 5.03. The number of hydrogen-bond acceptors (Lipinski definition) is 3. The monoisotopic (exact) mass is 403 g/mol. The van der Waals surface area contributed by atoms with E-state index in [-0.39, 0.29) is 5.91 Å². The lowest BCUT2D eigenvalue weighted by Gasteiger charge is -2.29. The number of aromatic nitrogens is 1. The third-order valence-corrected chi connectivity index (χ3v) is 6.51. The minimum atomic E-state index is 0.139. The third-order valence-electron chi connectivity index (χ3n) is 6.51. The van der Waals surface area contributed by atoms with Gasteiger partial charge in [0.1, 0.15) is 5.75 Å². The summed E-state index contributed by atoms with van der Waals surface area (Å²) in [5.74, 6) is 1.04. The van der Waals surface area contributed by atoms with Crippen LogP contribution >= 0.6 is 0 Å². The Morgan fingerprint density at radius 1 is 1.13 bits per heavy atom. The highest BCUT2D eigenvalue weighted by molar-refractivity contribution is 6.09. The summed E-state index contributed by atoms with van der Waals surface area (Å²) in [6, 6.07) is 15.0. The van der Waals surface area contributed by atoms with Crippen molar-refractivity contribution in [3.05, 3.63) is 54.2 Å². The highest BCUT2D eigenvalue weighted by Gasteiger charge is 2.27. The van der Waals surface area contributed by atoms with Gasteiger partial charge in [-0.05, 0) is 69.0 Å². The third kappa shape index (κ3) is 3.58. The fraction of sp³-hybridized carbons (Fsp3) is 0.400. The van der Waals surface area contributed by atoms with Crippen molar-refractivity contribution in [2.75, 3.05) is 24.6 Å². The van der Waals surface area contributed by atoms with Crippen molar-refractivity contribution in [3.8, 4) is 5.75 Å². The standard InChI is InChI=1S/C25H29N3O2/c1-18-6-4-13-27(18)14-5-15-30-20-10-11-23-19(16-20)9-12-25(29)28(23)24-17-26-22-8-3-2-7-21(22)24/h2-3,7-8,10-11,16-18,26H,4-6,9,12-15H2,1H3/t18-/m1/s1. The second kappa shape index (κ2) is 8.15. The average molecular weight is 404 g/mol. The molecule has 1 aromatic heterocycles. The number of para-hydroxylation sites is 1. The Labute approximate surface area is 177 Å². The van der Waals surface area contributed by atoms with Gasteiger partial charge in [0, 0.05) is 36.1 Å². The molecule has 1 N–H and O–H groups in total. The smallest absolute Gasteiger partial charge is 0.231 e. The molecule has 3 aromatic rings. The van der Waals surface area contributed by atoms with Crippen molar-refractivity contribution in [2.24, 2.45) is 0 Å². The molecule has 1 saturated heterocycles. The summed E-state index contributed by atoms with van der Waals surface area (Å²) in [5.41, 5.74) is 4.10. The van der Waals surface area contributed by atoms with E-state index >= 15 is 0 Å². The number of carbonyl (C=O) groups is 1. The maximum atomic E-state index is 12.8. The fourth-order valence-electron chi connectivity index (χ4n) is 4.85. The first-order chi connectivity index (χ1) is 14.7. The van der Waals surface area contributed by atoms with Gasteiger partial charge in [-0.25, -0.2) is 0 Å². The van der Waals surface area contributed by atoms with Gasteiger partial charge in [-0.3, -0.25) is 9.69 Å². The molecule has 30 heavy (non-hydrogen) atoms. The van der Waals surface area contributed by atoms with Crippen molar-refractivity contribution in [1.82, 2.24) is 9.88 Å². The number of aryl methyl sites for hydroxylation is 1. The molecular formula is C25H29N3O2. The van der Waals surface area contributed by atoms with Crippen LogP contribution in [0.4, 0.5) is 11.4 Å². The SMILES string of the molecule is C[C@@H]1CCCN1CCCOc1ccc2c(c1)CCC(=O)N2c1c[nH]c2ccccc12. The number of nitrogens with one attached hydrogen (secondary N) is 1. The highest BCUT2D eigenvalue weighted by atomic mass is 16.5. The Morgan fingerprint density at radius 3 is 2.90 bits per heavy atom. The summed E-state index contributed by atoms with van der Waals surface area (Å²) in [5, 5.41) is 1.06. The van der Waals surface area contributed by atoms with Crippen molar-refractivity contribution in [1.29, 1.82) is 0 Å². The van der Waals surface area contributed by atoms with Gasteiger partial charge >= 0.3 is 0 Å². The van der Waals surface area contributed by atoms with Crippen molar-refractivity contribution < 1.29 is 9.53 Å². The number of nitrogens with zero attached hydrogens (tertiary/aromatic N) is 2. The molecule has 0 radical (unpaired) electrons. The molecule has 0 bridgehead atoms. The second-order valence-electron chi connectivity index (χ2n) is 8.47. The molecule has 0 unspecified atom stereocenters. The molecule has 156 valence electrons. The van der Waals surface area contributed by atoms with E-state index in [1.807, 2.05) is 41.4 Å². The molecule has 0 spiro atoms. The molecule has 5 rings (SSSR count). The van der Waals surface area contributed by atoms with Crippen LogP contribution in [0.3, 0.4) is 0 Å². The van der Waals surface area contributed by atoms with Crippen LogP contribution in [0.25, 0.3) is 10.9 Å². The largest absolute Gasteiger partial charge is 0.494 e. The molecule has 0 saturated carbocycles. The Bertz CT molecular complexity index is 1060. The molecule has 0 aliphatic carbocycles. The van der Waals surface area contributed by atoms with Crippen molar-refractivity contribution >= 4 is 28.2 Å². The number of amides is 1. The van der Waals surface area contributed by atoms with Crippen molar-refractivity contribution in [2.45, 2.75) is 45.1 Å². The van der Waals surface area contributed by atoms with Gasteiger partial charge in [0.05, 0.1) is 18.0 Å². The van der Waals surface area contributed by atoms with Crippen LogP contribution in [0.15, 0.2) is 48.7 Å². The summed E-state index contributed by atoms with van der Waals surface area (Å²) in [7, 11) is 0. The first-order valence-corrected chi connectivity index (χ1v) is 11.1. The first kappa shape index (κ1) is 19.2. The number of benzene rings is 2. The molecule has 5 nitrogen and oxygen atoms in total. The molecule has 2 aromatic carbocycles. The van der Waals surface area contributed by atoms with Gasteiger partial charge in [0.15, 0.2) is 0 Å². The second-order valence-corrected chi connectivity index (χ2v) is 8.47. The number of carbonyl (C=O) groups excluding carboxylic acids is 1. The summed E-state index contributed by atoms with van der Waals surface area (Å²) < 4.78 is 6.05. The van der Waals surface area contributed by atoms with E-state index in [1.165, 1.54) is 24.9 Å².